The summed E-state index contributed by atoms with van der Waals surface area (Å²) in [6, 6.07) is 11.8. The molecule has 0 radical (unpaired) electrons. The number of morpholine rings is 1. The van der Waals surface area contributed by atoms with E-state index in [1.54, 1.807) is 11.4 Å². The molecule has 2 aliphatic rings. The summed E-state index contributed by atoms with van der Waals surface area (Å²) in [5, 5.41) is 16.7. The molecular formula is C23H20ClN3O3S. The number of hydrogen-bond donors (Lipinski definition) is 2. The second-order valence-corrected chi connectivity index (χ2v) is 8.92. The van der Waals surface area contributed by atoms with Gasteiger partial charge >= 0.3 is 0 Å². The van der Waals surface area contributed by atoms with E-state index in [0.717, 1.165) is 48.1 Å². The van der Waals surface area contributed by atoms with E-state index in [4.69, 9.17) is 16.3 Å². The molecule has 1 fully saturated rings. The number of nitrogens with one attached hydrogen (secondary N) is 1. The van der Waals surface area contributed by atoms with Crippen LogP contribution in [0.1, 0.15) is 16.3 Å². The number of hydrogen-bond acceptors (Lipinski definition) is 6. The Bertz CT molecular complexity index is 1200. The molecule has 3 aromatic rings. The maximum absolute atomic E-state index is 12.6. The van der Waals surface area contributed by atoms with Crippen molar-refractivity contribution in [3.8, 4) is 11.1 Å². The van der Waals surface area contributed by atoms with Gasteiger partial charge in [-0.05, 0) is 36.8 Å². The third kappa shape index (κ3) is 3.69. The van der Waals surface area contributed by atoms with Crippen molar-refractivity contribution in [1.29, 1.82) is 0 Å². The van der Waals surface area contributed by atoms with Crippen LogP contribution in [0.5, 0.6) is 0 Å². The van der Waals surface area contributed by atoms with Crippen LogP contribution >= 0.6 is 22.9 Å². The number of carbonyl (C=O) groups is 1. The third-order valence-corrected chi connectivity index (χ3v) is 6.59. The molecule has 0 saturated carbocycles. The number of ether oxygens (including phenoxy) is 1. The van der Waals surface area contributed by atoms with Gasteiger partial charge in [0.1, 0.15) is 5.69 Å². The van der Waals surface area contributed by atoms with Gasteiger partial charge < -0.3 is 20.1 Å². The predicted molar refractivity (Wildman–Crippen MR) is 125 cm³/mol. The maximum atomic E-state index is 12.6. The van der Waals surface area contributed by atoms with Gasteiger partial charge in [-0.1, -0.05) is 23.7 Å². The van der Waals surface area contributed by atoms with Crippen molar-refractivity contribution < 1.29 is 14.6 Å². The number of halogens is 1. The Morgan fingerprint density at radius 1 is 1.19 bits per heavy atom. The number of aromatic nitrogens is 1. The van der Waals surface area contributed by atoms with Crippen LogP contribution in [0.4, 0.5) is 11.4 Å². The molecular weight excluding hydrogens is 434 g/mol. The van der Waals surface area contributed by atoms with Crippen LogP contribution in [0, 0.1) is 6.92 Å². The lowest BCUT2D eigenvalue weighted by atomic mass is 9.98. The number of anilines is 2. The Balaban J connectivity index is 1.54. The van der Waals surface area contributed by atoms with E-state index in [1.165, 1.54) is 11.3 Å². The summed E-state index contributed by atoms with van der Waals surface area (Å²) in [4.78, 5) is 19.2. The van der Waals surface area contributed by atoms with E-state index < -0.39 is 0 Å². The minimum absolute atomic E-state index is 0.128. The van der Waals surface area contributed by atoms with E-state index in [1.807, 2.05) is 25.1 Å². The zero-order valence-electron chi connectivity index (χ0n) is 16.8. The Labute approximate surface area is 188 Å². The Kier molecular flexibility index (Phi) is 5.17. The summed E-state index contributed by atoms with van der Waals surface area (Å²) in [7, 11) is 0. The van der Waals surface area contributed by atoms with Crippen molar-refractivity contribution in [2.24, 2.45) is 0 Å². The van der Waals surface area contributed by atoms with Crippen molar-refractivity contribution in [2.75, 3.05) is 36.5 Å². The first-order valence-electron chi connectivity index (χ1n) is 9.95. The van der Waals surface area contributed by atoms with E-state index >= 15 is 0 Å². The number of nitrogens with zero attached hydrogens (tertiary/aromatic N) is 2. The minimum atomic E-state index is -0.367. The first kappa shape index (κ1) is 20.1. The number of thiazole rings is 1. The average molecular weight is 454 g/mol. The predicted octanol–water partition coefficient (Wildman–Crippen LogP) is 4.99. The van der Waals surface area contributed by atoms with Crippen LogP contribution < -0.4 is 10.2 Å². The van der Waals surface area contributed by atoms with Crippen molar-refractivity contribution in [3.63, 3.8) is 0 Å². The molecule has 0 aliphatic carbocycles. The third-order valence-electron chi connectivity index (χ3n) is 5.50. The van der Waals surface area contributed by atoms with E-state index in [-0.39, 0.29) is 17.2 Å². The van der Waals surface area contributed by atoms with Gasteiger partial charge in [-0.25, -0.2) is 4.98 Å². The first-order chi connectivity index (χ1) is 15.0. The fraction of sp³-hybridized carbons (Fsp3) is 0.217. The number of amides is 1. The zero-order chi connectivity index (χ0) is 21.5. The molecule has 31 heavy (non-hydrogen) atoms. The highest BCUT2D eigenvalue weighted by Gasteiger charge is 2.30. The SMILES string of the molecule is Cc1nc(C(O)=C2C(=O)Nc3cc(Cl)c(-c4ccc(N5CCOCC5)cc4)cc32)cs1. The van der Waals surface area contributed by atoms with Crippen LogP contribution in [0.2, 0.25) is 5.02 Å². The Morgan fingerprint density at radius 2 is 1.94 bits per heavy atom. The highest BCUT2D eigenvalue weighted by atomic mass is 35.5. The number of benzene rings is 2. The molecule has 0 bridgehead atoms. The standard InChI is InChI=1S/C23H20ClN3O3S/c1-13-25-20(12-31-13)22(28)21-17-10-16(18(24)11-19(17)26-23(21)29)14-2-4-15(5-3-14)27-6-8-30-9-7-27/h2-5,10-12,28H,6-9H2,1H3,(H,26,29). The largest absolute Gasteiger partial charge is 0.505 e. The molecule has 0 atom stereocenters. The van der Waals surface area contributed by atoms with Gasteiger partial charge in [-0.2, -0.15) is 0 Å². The Morgan fingerprint density at radius 3 is 2.61 bits per heavy atom. The lowest BCUT2D eigenvalue weighted by Gasteiger charge is -2.29. The Hall–Kier alpha value is -2.87. The second-order valence-electron chi connectivity index (χ2n) is 7.45. The van der Waals surface area contributed by atoms with Crippen LogP contribution in [-0.4, -0.2) is 42.3 Å². The average Bonchev–Trinajstić information content (AvgIpc) is 3.35. The van der Waals surface area contributed by atoms with Gasteiger partial charge in [0.15, 0.2) is 5.76 Å². The molecule has 1 saturated heterocycles. The highest BCUT2D eigenvalue weighted by Crippen LogP contribution is 2.42. The second kappa shape index (κ2) is 8.00. The summed E-state index contributed by atoms with van der Waals surface area (Å²) in [6.45, 7) is 5.06. The van der Waals surface area contributed by atoms with Gasteiger partial charge in [0.05, 0.1) is 34.5 Å². The van der Waals surface area contributed by atoms with Crippen molar-refractivity contribution in [3.05, 3.63) is 63.1 Å². The minimum Gasteiger partial charge on any atom is -0.505 e. The number of fused-ring (bicyclic) bond motifs is 1. The summed E-state index contributed by atoms with van der Waals surface area (Å²) in [6.07, 6.45) is 0. The monoisotopic (exact) mass is 453 g/mol. The van der Waals surface area contributed by atoms with Crippen LogP contribution in [0.3, 0.4) is 0 Å². The van der Waals surface area contributed by atoms with Crippen LogP contribution in [0.15, 0.2) is 41.8 Å². The van der Waals surface area contributed by atoms with Crippen LogP contribution in [0.25, 0.3) is 22.5 Å². The molecule has 1 amide bonds. The normalized spacial score (nSPS) is 17.5. The zero-order valence-corrected chi connectivity index (χ0v) is 18.4. The topological polar surface area (TPSA) is 74.7 Å². The quantitative estimate of drug-likeness (QED) is 0.432. The highest BCUT2D eigenvalue weighted by molar-refractivity contribution is 7.09. The number of rotatable bonds is 3. The molecule has 3 heterocycles. The van der Waals surface area contributed by atoms with Gasteiger partial charge in [0.2, 0.25) is 0 Å². The summed E-state index contributed by atoms with van der Waals surface area (Å²) < 4.78 is 5.42. The maximum Gasteiger partial charge on any atom is 0.260 e. The fourth-order valence-electron chi connectivity index (χ4n) is 3.92. The summed E-state index contributed by atoms with van der Waals surface area (Å²) >= 11 is 7.98. The smallest absolute Gasteiger partial charge is 0.260 e. The molecule has 0 spiro atoms. The first-order valence-corrected chi connectivity index (χ1v) is 11.2. The lowest BCUT2D eigenvalue weighted by Crippen LogP contribution is -2.36. The molecule has 6 nitrogen and oxygen atoms in total. The van der Waals surface area contributed by atoms with E-state index in [9.17, 15) is 9.90 Å². The van der Waals surface area contributed by atoms with Gasteiger partial charge in [-0.3, -0.25) is 4.79 Å². The number of aliphatic hydroxyl groups excluding tert-OH is 1. The van der Waals surface area contributed by atoms with Gasteiger partial charge in [-0.15, -0.1) is 11.3 Å². The summed E-state index contributed by atoms with van der Waals surface area (Å²) in [5.41, 5.74) is 4.67. The van der Waals surface area contributed by atoms with Gasteiger partial charge in [0, 0.05) is 35.3 Å². The van der Waals surface area contributed by atoms with E-state index in [0.29, 0.717) is 22.0 Å². The van der Waals surface area contributed by atoms with E-state index in [2.05, 4.69) is 27.3 Å². The van der Waals surface area contributed by atoms with Crippen molar-refractivity contribution in [2.45, 2.75) is 6.92 Å². The molecule has 1 aromatic heterocycles. The van der Waals surface area contributed by atoms with Crippen molar-refractivity contribution in [1.82, 2.24) is 4.98 Å². The molecule has 8 heteroatoms. The summed E-state index contributed by atoms with van der Waals surface area (Å²) in [5.74, 6) is -0.495. The molecule has 0 unspecified atom stereocenters. The number of aliphatic hydroxyl groups is 1. The molecule has 5 rings (SSSR count). The fourth-order valence-corrected chi connectivity index (χ4v) is 4.79. The molecule has 2 aromatic carbocycles. The molecule has 158 valence electrons. The molecule has 2 N–H and O–H groups in total. The van der Waals surface area contributed by atoms with Crippen LogP contribution in [-0.2, 0) is 9.53 Å². The number of aryl methyl sites for hydroxylation is 1. The van der Waals surface area contributed by atoms with Crippen molar-refractivity contribution >= 4 is 51.6 Å². The molecule has 2 aliphatic heterocycles. The van der Waals surface area contributed by atoms with Gasteiger partial charge in [0.25, 0.3) is 5.91 Å². The lowest BCUT2D eigenvalue weighted by molar-refractivity contribution is -0.110. The number of carbonyl (C=O) groups excluding carboxylic acids is 1.